The third-order valence-corrected chi connectivity index (χ3v) is 4.99. The molecule has 0 bridgehead atoms. The molecule has 0 aromatic heterocycles. The second-order valence-corrected chi connectivity index (χ2v) is 8.95. The van der Waals surface area contributed by atoms with Gasteiger partial charge in [0.1, 0.15) is 9.84 Å². The van der Waals surface area contributed by atoms with Crippen molar-refractivity contribution in [2.24, 2.45) is 4.99 Å². The SMILES string of the molecule is CCNC(=NCCCCN(C)c1ccccc1)NC(C)CCS(C)(=O)=O.I. The highest BCUT2D eigenvalue weighted by Gasteiger charge is 2.09. The predicted octanol–water partition coefficient (Wildman–Crippen LogP) is 2.90. The minimum atomic E-state index is -2.93. The van der Waals surface area contributed by atoms with E-state index in [4.69, 9.17) is 0 Å². The highest BCUT2D eigenvalue weighted by atomic mass is 127. The van der Waals surface area contributed by atoms with E-state index in [-0.39, 0.29) is 35.8 Å². The first kappa shape index (κ1) is 26.0. The standard InChI is InChI=1S/C19H34N4O2S.HI/c1-5-20-19(22-17(2)13-16-26(4,24)25)21-14-9-10-15-23(3)18-11-7-6-8-12-18;/h6-8,11-12,17H,5,9-10,13-16H2,1-4H3,(H2,20,21,22);1H. The molecule has 0 aliphatic rings. The van der Waals surface area contributed by atoms with E-state index >= 15 is 0 Å². The number of nitrogens with zero attached hydrogens (tertiary/aromatic N) is 2. The number of hydrogen-bond acceptors (Lipinski definition) is 4. The summed E-state index contributed by atoms with van der Waals surface area (Å²) < 4.78 is 22.5. The number of nitrogens with one attached hydrogen (secondary N) is 2. The van der Waals surface area contributed by atoms with Gasteiger partial charge in [-0.1, -0.05) is 18.2 Å². The molecular formula is C19H35IN4O2S. The van der Waals surface area contributed by atoms with Crippen molar-refractivity contribution >= 4 is 45.5 Å². The number of anilines is 1. The first-order valence-electron chi connectivity index (χ1n) is 9.30. The Morgan fingerprint density at radius 1 is 1.22 bits per heavy atom. The van der Waals surface area contributed by atoms with Crippen LogP contribution < -0.4 is 15.5 Å². The Morgan fingerprint density at radius 3 is 2.48 bits per heavy atom. The lowest BCUT2D eigenvalue weighted by Gasteiger charge is -2.19. The number of aliphatic imine (C=N–C) groups is 1. The second kappa shape index (κ2) is 14.0. The molecule has 0 saturated heterocycles. The minimum absolute atomic E-state index is 0. The van der Waals surface area contributed by atoms with Crippen molar-refractivity contribution in [3.05, 3.63) is 30.3 Å². The van der Waals surface area contributed by atoms with E-state index in [1.165, 1.54) is 11.9 Å². The molecular weight excluding hydrogens is 475 g/mol. The molecule has 1 aromatic carbocycles. The molecule has 0 saturated carbocycles. The van der Waals surface area contributed by atoms with Crippen LogP contribution in [0.15, 0.2) is 35.3 Å². The molecule has 6 nitrogen and oxygen atoms in total. The summed E-state index contributed by atoms with van der Waals surface area (Å²) in [7, 11) is -0.823. The Bertz CT molecular complexity index is 638. The molecule has 0 heterocycles. The van der Waals surface area contributed by atoms with Crippen molar-refractivity contribution in [2.75, 3.05) is 43.6 Å². The van der Waals surface area contributed by atoms with Crippen molar-refractivity contribution in [3.63, 3.8) is 0 Å². The number of rotatable bonds is 11. The van der Waals surface area contributed by atoms with Crippen LogP contribution in [0.3, 0.4) is 0 Å². The number of para-hydroxylation sites is 1. The molecule has 1 atom stereocenters. The number of guanidine groups is 1. The van der Waals surface area contributed by atoms with E-state index in [0.29, 0.717) is 6.42 Å². The summed E-state index contributed by atoms with van der Waals surface area (Å²) in [6.45, 7) is 6.52. The smallest absolute Gasteiger partial charge is 0.191 e. The Morgan fingerprint density at radius 2 is 1.89 bits per heavy atom. The molecule has 2 N–H and O–H groups in total. The zero-order chi connectivity index (χ0) is 19.4. The van der Waals surface area contributed by atoms with E-state index in [0.717, 1.165) is 38.4 Å². The molecule has 8 heteroatoms. The van der Waals surface area contributed by atoms with Gasteiger partial charge in [0.15, 0.2) is 5.96 Å². The summed E-state index contributed by atoms with van der Waals surface area (Å²) in [4.78, 5) is 6.84. The summed E-state index contributed by atoms with van der Waals surface area (Å²) in [5.74, 6) is 0.941. The minimum Gasteiger partial charge on any atom is -0.375 e. The van der Waals surface area contributed by atoms with Gasteiger partial charge in [-0.3, -0.25) is 4.99 Å². The topological polar surface area (TPSA) is 73.8 Å². The number of benzene rings is 1. The predicted molar refractivity (Wildman–Crippen MR) is 127 cm³/mol. The van der Waals surface area contributed by atoms with Crippen LogP contribution in [0.1, 0.15) is 33.1 Å². The number of halogens is 1. The van der Waals surface area contributed by atoms with Crippen LogP contribution in [0.4, 0.5) is 5.69 Å². The molecule has 1 unspecified atom stereocenters. The van der Waals surface area contributed by atoms with Gasteiger partial charge < -0.3 is 15.5 Å². The average Bonchev–Trinajstić information content (AvgIpc) is 2.60. The van der Waals surface area contributed by atoms with Crippen molar-refractivity contribution in [1.82, 2.24) is 10.6 Å². The Labute approximate surface area is 182 Å². The van der Waals surface area contributed by atoms with Crippen molar-refractivity contribution < 1.29 is 8.42 Å². The lowest BCUT2D eigenvalue weighted by molar-refractivity contribution is 0.581. The number of sulfone groups is 1. The van der Waals surface area contributed by atoms with Gasteiger partial charge in [0.25, 0.3) is 0 Å². The van der Waals surface area contributed by atoms with Gasteiger partial charge in [0, 0.05) is 44.7 Å². The van der Waals surface area contributed by atoms with Crippen LogP contribution in [0, 0.1) is 0 Å². The summed E-state index contributed by atoms with van der Waals surface area (Å²) in [6, 6.07) is 10.4. The molecule has 156 valence electrons. The van der Waals surface area contributed by atoms with Gasteiger partial charge >= 0.3 is 0 Å². The Kier molecular flexibility index (Phi) is 13.5. The van der Waals surface area contributed by atoms with Gasteiger partial charge in [-0.05, 0) is 45.2 Å². The van der Waals surface area contributed by atoms with Crippen LogP contribution in [0.2, 0.25) is 0 Å². The fourth-order valence-corrected chi connectivity index (χ4v) is 3.26. The van der Waals surface area contributed by atoms with Gasteiger partial charge in [0.2, 0.25) is 0 Å². The molecule has 1 aromatic rings. The van der Waals surface area contributed by atoms with Gasteiger partial charge in [-0.2, -0.15) is 0 Å². The number of unbranched alkanes of at least 4 members (excludes halogenated alkanes) is 1. The monoisotopic (exact) mass is 510 g/mol. The highest BCUT2D eigenvalue weighted by Crippen LogP contribution is 2.11. The van der Waals surface area contributed by atoms with Crippen molar-refractivity contribution in [1.29, 1.82) is 0 Å². The van der Waals surface area contributed by atoms with E-state index in [1.54, 1.807) is 0 Å². The molecule has 0 radical (unpaired) electrons. The fraction of sp³-hybridized carbons (Fsp3) is 0.632. The van der Waals surface area contributed by atoms with E-state index < -0.39 is 9.84 Å². The molecule has 0 fully saturated rings. The average molecular weight is 510 g/mol. The normalized spacial score (nSPS) is 12.8. The zero-order valence-corrected chi connectivity index (χ0v) is 20.1. The summed E-state index contributed by atoms with van der Waals surface area (Å²) in [6.07, 6.45) is 3.92. The van der Waals surface area contributed by atoms with Crippen LogP contribution in [0.25, 0.3) is 0 Å². The maximum Gasteiger partial charge on any atom is 0.191 e. The highest BCUT2D eigenvalue weighted by molar-refractivity contribution is 14.0. The first-order chi connectivity index (χ1) is 12.3. The van der Waals surface area contributed by atoms with Crippen LogP contribution in [-0.4, -0.2) is 59.1 Å². The second-order valence-electron chi connectivity index (χ2n) is 6.69. The largest absolute Gasteiger partial charge is 0.375 e. The lowest BCUT2D eigenvalue weighted by Crippen LogP contribution is -2.42. The summed E-state index contributed by atoms with van der Waals surface area (Å²) in [5.41, 5.74) is 1.23. The summed E-state index contributed by atoms with van der Waals surface area (Å²) >= 11 is 0. The van der Waals surface area contributed by atoms with Crippen LogP contribution >= 0.6 is 24.0 Å². The summed E-state index contributed by atoms with van der Waals surface area (Å²) in [5, 5.41) is 6.50. The molecule has 0 spiro atoms. The molecule has 0 amide bonds. The van der Waals surface area contributed by atoms with E-state index in [1.807, 2.05) is 19.9 Å². The van der Waals surface area contributed by atoms with Crippen LogP contribution in [0.5, 0.6) is 0 Å². The first-order valence-corrected chi connectivity index (χ1v) is 11.4. The van der Waals surface area contributed by atoms with Gasteiger partial charge in [-0.15, -0.1) is 24.0 Å². The van der Waals surface area contributed by atoms with E-state index in [2.05, 4.69) is 51.8 Å². The molecule has 0 aliphatic heterocycles. The van der Waals surface area contributed by atoms with E-state index in [9.17, 15) is 8.42 Å². The van der Waals surface area contributed by atoms with Gasteiger partial charge in [-0.25, -0.2) is 8.42 Å². The quantitative estimate of drug-likeness (QED) is 0.207. The molecule has 0 aliphatic carbocycles. The fourth-order valence-electron chi connectivity index (χ4n) is 2.48. The van der Waals surface area contributed by atoms with Crippen LogP contribution in [-0.2, 0) is 9.84 Å². The molecule has 1 rings (SSSR count). The zero-order valence-electron chi connectivity index (χ0n) is 16.9. The van der Waals surface area contributed by atoms with Gasteiger partial charge in [0.05, 0.1) is 5.75 Å². The van der Waals surface area contributed by atoms with Crippen molar-refractivity contribution in [3.8, 4) is 0 Å². The maximum atomic E-state index is 11.3. The lowest BCUT2D eigenvalue weighted by atomic mass is 10.2. The number of hydrogen-bond donors (Lipinski definition) is 2. The van der Waals surface area contributed by atoms with Crippen molar-refractivity contribution in [2.45, 2.75) is 39.2 Å². The Balaban J connectivity index is 0.00000676. The third kappa shape index (κ3) is 12.9. The Hall–Kier alpha value is -1.03. The molecule has 27 heavy (non-hydrogen) atoms. The maximum absolute atomic E-state index is 11.3. The third-order valence-electron chi connectivity index (χ3n) is 4.02.